The third-order valence-electron chi connectivity index (χ3n) is 2.79. The zero-order chi connectivity index (χ0) is 9.47. The van der Waals surface area contributed by atoms with E-state index in [1.807, 2.05) is 11.7 Å². The second kappa shape index (κ2) is 3.00. The minimum absolute atomic E-state index is 0.0162. The molecule has 0 amide bonds. The molecule has 1 aromatic rings. The van der Waals surface area contributed by atoms with Crippen LogP contribution in [-0.2, 0) is 12.6 Å². The van der Waals surface area contributed by atoms with Crippen molar-refractivity contribution in [3.8, 4) is 0 Å². The predicted octanol–water partition coefficient (Wildman–Crippen LogP) is 1.67. The van der Waals surface area contributed by atoms with E-state index in [1.54, 1.807) is 6.20 Å². The van der Waals surface area contributed by atoms with Gasteiger partial charge in [-0.1, -0.05) is 11.6 Å². The molecular weight excluding hydrogens is 186 g/mol. The number of hydrogen-bond donors (Lipinski definition) is 1. The van der Waals surface area contributed by atoms with Gasteiger partial charge in [-0.15, -0.1) is 0 Å². The SMILES string of the molecule is Cn1ncc(Cl)c1C1(C)CCCN1. The maximum Gasteiger partial charge on any atom is 0.0836 e. The van der Waals surface area contributed by atoms with Crippen molar-refractivity contribution in [1.29, 1.82) is 0 Å². The zero-order valence-electron chi connectivity index (χ0n) is 7.97. The van der Waals surface area contributed by atoms with Crippen molar-refractivity contribution < 1.29 is 0 Å². The molecule has 1 fully saturated rings. The standard InChI is InChI=1S/C9H14ClN3/c1-9(4-3-5-11-9)8-7(10)6-12-13(8)2/h6,11H,3-5H2,1-2H3. The highest BCUT2D eigenvalue weighted by Gasteiger charge is 2.34. The van der Waals surface area contributed by atoms with Crippen molar-refractivity contribution in [2.24, 2.45) is 7.05 Å². The molecule has 72 valence electrons. The monoisotopic (exact) mass is 199 g/mol. The summed E-state index contributed by atoms with van der Waals surface area (Å²) in [6, 6.07) is 0. The van der Waals surface area contributed by atoms with E-state index in [0.29, 0.717) is 0 Å². The van der Waals surface area contributed by atoms with E-state index in [9.17, 15) is 0 Å². The van der Waals surface area contributed by atoms with E-state index >= 15 is 0 Å². The second-order valence-corrected chi connectivity index (χ2v) is 4.23. The lowest BCUT2D eigenvalue weighted by Crippen LogP contribution is -2.35. The molecule has 1 saturated heterocycles. The van der Waals surface area contributed by atoms with Crippen LogP contribution in [0.15, 0.2) is 6.20 Å². The van der Waals surface area contributed by atoms with Crippen LogP contribution in [0.4, 0.5) is 0 Å². The summed E-state index contributed by atoms with van der Waals surface area (Å²) < 4.78 is 1.86. The van der Waals surface area contributed by atoms with Gasteiger partial charge in [-0.25, -0.2) is 0 Å². The third-order valence-corrected chi connectivity index (χ3v) is 3.06. The van der Waals surface area contributed by atoms with E-state index in [-0.39, 0.29) is 5.54 Å². The van der Waals surface area contributed by atoms with Crippen molar-refractivity contribution in [3.63, 3.8) is 0 Å². The average Bonchev–Trinajstić information content (AvgIpc) is 2.60. The molecule has 3 nitrogen and oxygen atoms in total. The summed E-state index contributed by atoms with van der Waals surface area (Å²) in [7, 11) is 1.94. The Labute approximate surface area is 83.1 Å². The molecule has 0 bridgehead atoms. The lowest BCUT2D eigenvalue weighted by molar-refractivity contribution is 0.401. The van der Waals surface area contributed by atoms with Gasteiger partial charge in [0.25, 0.3) is 0 Å². The predicted molar refractivity (Wildman–Crippen MR) is 52.8 cm³/mol. The lowest BCUT2D eigenvalue weighted by atomic mass is 9.96. The van der Waals surface area contributed by atoms with Crippen molar-refractivity contribution in [2.75, 3.05) is 6.54 Å². The summed E-state index contributed by atoms with van der Waals surface area (Å²) in [4.78, 5) is 0. The van der Waals surface area contributed by atoms with Crippen LogP contribution < -0.4 is 5.32 Å². The first kappa shape index (κ1) is 9.03. The zero-order valence-corrected chi connectivity index (χ0v) is 8.73. The summed E-state index contributed by atoms with van der Waals surface area (Å²) in [5.74, 6) is 0. The number of hydrogen-bond acceptors (Lipinski definition) is 2. The van der Waals surface area contributed by atoms with Crippen molar-refractivity contribution in [1.82, 2.24) is 15.1 Å². The Balaban J connectivity index is 2.43. The first-order chi connectivity index (χ1) is 6.13. The number of nitrogens with zero attached hydrogens (tertiary/aromatic N) is 2. The lowest BCUT2D eigenvalue weighted by Gasteiger charge is -2.24. The van der Waals surface area contributed by atoms with Gasteiger partial charge < -0.3 is 5.32 Å². The fourth-order valence-corrected chi connectivity index (χ4v) is 2.50. The van der Waals surface area contributed by atoms with Crippen LogP contribution in [0.25, 0.3) is 0 Å². The molecule has 1 aliphatic heterocycles. The molecule has 1 unspecified atom stereocenters. The summed E-state index contributed by atoms with van der Waals surface area (Å²) in [6.07, 6.45) is 4.05. The summed E-state index contributed by atoms with van der Waals surface area (Å²) >= 11 is 6.09. The quantitative estimate of drug-likeness (QED) is 0.746. The van der Waals surface area contributed by atoms with E-state index < -0.39 is 0 Å². The summed E-state index contributed by atoms with van der Waals surface area (Å²) in [6.45, 7) is 3.25. The molecule has 2 heterocycles. The van der Waals surface area contributed by atoms with Crippen molar-refractivity contribution >= 4 is 11.6 Å². The minimum Gasteiger partial charge on any atom is -0.306 e. The Morgan fingerprint density at radius 2 is 2.46 bits per heavy atom. The maximum absolute atomic E-state index is 6.09. The maximum atomic E-state index is 6.09. The second-order valence-electron chi connectivity index (χ2n) is 3.83. The van der Waals surface area contributed by atoms with Gasteiger partial charge >= 0.3 is 0 Å². The molecule has 0 radical (unpaired) electrons. The highest BCUT2D eigenvalue weighted by Crippen LogP contribution is 2.34. The third kappa shape index (κ3) is 1.36. The highest BCUT2D eigenvalue weighted by molar-refractivity contribution is 6.31. The van der Waals surface area contributed by atoms with Gasteiger partial charge in [0.15, 0.2) is 0 Å². The molecule has 2 rings (SSSR count). The van der Waals surface area contributed by atoms with Crippen molar-refractivity contribution in [3.05, 3.63) is 16.9 Å². The highest BCUT2D eigenvalue weighted by atomic mass is 35.5. The van der Waals surface area contributed by atoms with Gasteiger partial charge in [0.1, 0.15) is 0 Å². The number of halogens is 1. The van der Waals surface area contributed by atoms with Crippen LogP contribution in [0.3, 0.4) is 0 Å². The average molecular weight is 200 g/mol. The van der Waals surface area contributed by atoms with Gasteiger partial charge in [-0.05, 0) is 26.3 Å². The first-order valence-corrected chi connectivity index (χ1v) is 4.94. The fourth-order valence-electron chi connectivity index (χ4n) is 2.13. The number of aromatic nitrogens is 2. The number of rotatable bonds is 1. The van der Waals surface area contributed by atoms with E-state index in [0.717, 1.165) is 23.7 Å². The Morgan fingerprint density at radius 3 is 2.92 bits per heavy atom. The molecule has 1 atom stereocenters. The van der Waals surface area contributed by atoms with E-state index in [4.69, 9.17) is 11.6 Å². The van der Waals surface area contributed by atoms with Crippen LogP contribution in [0.1, 0.15) is 25.5 Å². The minimum atomic E-state index is 0.0162. The molecule has 1 aliphatic rings. The Bertz CT molecular complexity index is 293. The molecule has 0 saturated carbocycles. The normalized spacial score (nSPS) is 28.2. The van der Waals surface area contributed by atoms with Gasteiger partial charge in [-0.3, -0.25) is 4.68 Å². The Morgan fingerprint density at radius 1 is 1.69 bits per heavy atom. The molecule has 0 spiro atoms. The van der Waals surface area contributed by atoms with E-state index in [1.165, 1.54) is 6.42 Å². The van der Waals surface area contributed by atoms with Crippen LogP contribution in [0.2, 0.25) is 5.02 Å². The van der Waals surface area contributed by atoms with Gasteiger partial charge in [0.2, 0.25) is 0 Å². The fraction of sp³-hybridized carbons (Fsp3) is 0.667. The summed E-state index contributed by atoms with van der Waals surface area (Å²) in [5.41, 5.74) is 1.12. The first-order valence-electron chi connectivity index (χ1n) is 4.56. The van der Waals surface area contributed by atoms with Crippen LogP contribution >= 0.6 is 11.6 Å². The molecule has 4 heteroatoms. The molecular formula is C9H14ClN3. The Hall–Kier alpha value is -0.540. The topological polar surface area (TPSA) is 29.9 Å². The molecule has 1 N–H and O–H groups in total. The van der Waals surface area contributed by atoms with Crippen LogP contribution in [0, 0.1) is 0 Å². The van der Waals surface area contributed by atoms with Gasteiger partial charge in [0.05, 0.1) is 22.5 Å². The van der Waals surface area contributed by atoms with Gasteiger partial charge in [0, 0.05) is 7.05 Å². The van der Waals surface area contributed by atoms with E-state index in [2.05, 4.69) is 17.3 Å². The molecule has 13 heavy (non-hydrogen) atoms. The largest absolute Gasteiger partial charge is 0.306 e. The van der Waals surface area contributed by atoms with Crippen molar-refractivity contribution in [2.45, 2.75) is 25.3 Å². The summed E-state index contributed by atoms with van der Waals surface area (Å²) in [5, 5.41) is 8.39. The number of aryl methyl sites for hydroxylation is 1. The Kier molecular flexibility index (Phi) is 2.08. The molecule has 0 aromatic carbocycles. The molecule has 0 aliphatic carbocycles. The number of nitrogens with one attached hydrogen (secondary N) is 1. The van der Waals surface area contributed by atoms with Crippen LogP contribution in [-0.4, -0.2) is 16.3 Å². The molecule has 1 aromatic heterocycles. The van der Waals surface area contributed by atoms with Gasteiger partial charge in [-0.2, -0.15) is 5.10 Å². The smallest absolute Gasteiger partial charge is 0.0836 e. The van der Waals surface area contributed by atoms with Crippen LogP contribution in [0.5, 0.6) is 0 Å².